The first-order valence-electron chi connectivity index (χ1n) is 5.29. The van der Waals surface area contributed by atoms with E-state index in [4.69, 9.17) is 16.3 Å². The molecule has 1 aromatic carbocycles. The average molecular weight is 254 g/mol. The summed E-state index contributed by atoms with van der Waals surface area (Å²) in [6.07, 6.45) is 3.96. The quantitative estimate of drug-likeness (QED) is 0.666. The van der Waals surface area contributed by atoms with Crippen LogP contribution in [-0.2, 0) is 10.3 Å². The summed E-state index contributed by atoms with van der Waals surface area (Å²) in [5, 5.41) is 10.2. The van der Waals surface area contributed by atoms with Crippen molar-refractivity contribution in [2.45, 2.75) is 24.8 Å². The third-order valence-electron chi connectivity index (χ3n) is 3.20. The summed E-state index contributed by atoms with van der Waals surface area (Å²) in [5.74, 6) is 0.287. The summed E-state index contributed by atoms with van der Waals surface area (Å²) in [6, 6.07) is 3.04. The maximum absolute atomic E-state index is 10.5. The molecular formula is C12H12ClNO3. The predicted molar refractivity (Wildman–Crippen MR) is 63.3 cm³/mol. The molecule has 1 aromatic rings. The smallest absolute Gasteiger partial charge is 0.235 e. The van der Waals surface area contributed by atoms with Gasteiger partial charge in [0.05, 0.1) is 12.1 Å². The number of halogens is 1. The van der Waals surface area contributed by atoms with Crippen molar-refractivity contribution >= 4 is 17.7 Å². The number of phenolic OH excluding ortho intramolecular Hbond substituents is 1. The number of hydrogen-bond acceptors (Lipinski definition) is 4. The highest BCUT2D eigenvalue weighted by Crippen LogP contribution is 2.52. The van der Waals surface area contributed by atoms with Crippen LogP contribution in [0.5, 0.6) is 11.5 Å². The van der Waals surface area contributed by atoms with Crippen molar-refractivity contribution in [3.05, 3.63) is 22.7 Å². The van der Waals surface area contributed by atoms with Crippen LogP contribution in [0.25, 0.3) is 0 Å². The Morgan fingerprint density at radius 2 is 2.24 bits per heavy atom. The lowest BCUT2D eigenvalue weighted by molar-refractivity contribution is 0.243. The number of aliphatic imine (C=N–C) groups is 1. The molecule has 17 heavy (non-hydrogen) atoms. The van der Waals surface area contributed by atoms with Crippen molar-refractivity contribution in [1.29, 1.82) is 0 Å². The average Bonchev–Trinajstić information content (AvgIpc) is 2.27. The van der Waals surface area contributed by atoms with Crippen LogP contribution in [0.1, 0.15) is 24.8 Å². The molecule has 5 heteroatoms. The molecule has 2 rings (SSSR count). The number of phenols is 1. The van der Waals surface area contributed by atoms with E-state index in [-0.39, 0.29) is 11.5 Å². The Bertz CT molecular complexity index is 491. The van der Waals surface area contributed by atoms with Gasteiger partial charge in [0.1, 0.15) is 5.54 Å². The van der Waals surface area contributed by atoms with E-state index >= 15 is 0 Å². The maximum atomic E-state index is 10.5. The summed E-state index contributed by atoms with van der Waals surface area (Å²) >= 11 is 6.13. The zero-order valence-corrected chi connectivity index (χ0v) is 10.1. The van der Waals surface area contributed by atoms with E-state index in [9.17, 15) is 9.90 Å². The van der Waals surface area contributed by atoms with Gasteiger partial charge in [-0.1, -0.05) is 11.6 Å². The van der Waals surface area contributed by atoms with Gasteiger partial charge in [-0.15, -0.1) is 0 Å². The van der Waals surface area contributed by atoms with Crippen molar-refractivity contribution in [2.75, 3.05) is 7.11 Å². The van der Waals surface area contributed by atoms with Crippen molar-refractivity contribution < 1.29 is 14.6 Å². The first-order chi connectivity index (χ1) is 8.14. The molecule has 1 aliphatic carbocycles. The minimum atomic E-state index is -0.678. The monoisotopic (exact) mass is 253 g/mol. The highest BCUT2D eigenvalue weighted by Gasteiger charge is 2.43. The number of carbonyl (C=O) groups excluding carboxylic acids is 1. The first kappa shape index (κ1) is 12.0. The molecule has 0 bridgehead atoms. The second kappa shape index (κ2) is 4.40. The molecule has 0 aliphatic heterocycles. The Morgan fingerprint density at radius 3 is 2.71 bits per heavy atom. The van der Waals surface area contributed by atoms with E-state index in [0.717, 1.165) is 6.42 Å². The Hall–Kier alpha value is -1.51. The summed E-state index contributed by atoms with van der Waals surface area (Å²) in [7, 11) is 1.45. The molecule has 1 fully saturated rings. The number of nitrogens with zero attached hydrogens (tertiary/aromatic N) is 1. The molecule has 1 N–H and O–H groups in total. The molecule has 0 atom stereocenters. The van der Waals surface area contributed by atoms with Gasteiger partial charge in [-0.2, -0.15) is 4.99 Å². The van der Waals surface area contributed by atoms with Crippen LogP contribution >= 0.6 is 11.6 Å². The molecule has 0 radical (unpaired) electrons. The van der Waals surface area contributed by atoms with Gasteiger partial charge in [-0.3, -0.25) is 0 Å². The van der Waals surface area contributed by atoms with Crippen LogP contribution in [0.2, 0.25) is 5.02 Å². The van der Waals surface area contributed by atoms with Crippen LogP contribution in [0.3, 0.4) is 0 Å². The Balaban J connectivity index is 2.64. The predicted octanol–water partition coefficient (Wildman–Crippen LogP) is 2.77. The summed E-state index contributed by atoms with van der Waals surface area (Å²) in [5.41, 5.74) is -0.0978. The van der Waals surface area contributed by atoms with Gasteiger partial charge in [0.2, 0.25) is 6.08 Å². The van der Waals surface area contributed by atoms with E-state index in [0.29, 0.717) is 23.4 Å². The van der Waals surface area contributed by atoms with Crippen molar-refractivity contribution in [3.63, 3.8) is 0 Å². The van der Waals surface area contributed by atoms with Gasteiger partial charge in [-0.05, 0) is 31.4 Å². The van der Waals surface area contributed by atoms with E-state index < -0.39 is 5.54 Å². The Kier molecular flexibility index (Phi) is 3.09. The topological polar surface area (TPSA) is 58.9 Å². The first-order valence-corrected chi connectivity index (χ1v) is 5.67. The number of benzene rings is 1. The van der Waals surface area contributed by atoms with Gasteiger partial charge in [0.15, 0.2) is 11.5 Å². The highest BCUT2D eigenvalue weighted by molar-refractivity contribution is 6.31. The van der Waals surface area contributed by atoms with Crippen molar-refractivity contribution in [1.82, 2.24) is 0 Å². The summed E-state index contributed by atoms with van der Waals surface area (Å²) in [6.45, 7) is 0. The third kappa shape index (κ3) is 1.79. The van der Waals surface area contributed by atoms with E-state index in [2.05, 4.69) is 4.99 Å². The van der Waals surface area contributed by atoms with Gasteiger partial charge in [0.25, 0.3) is 0 Å². The van der Waals surface area contributed by atoms with Crippen LogP contribution in [-0.4, -0.2) is 18.3 Å². The molecule has 4 nitrogen and oxygen atoms in total. The number of ether oxygens (including phenoxy) is 1. The van der Waals surface area contributed by atoms with E-state index in [1.165, 1.54) is 13.2 Å². The molecule has 90 valence electrons. The number of hydrogen-bond donors (Lipinski definition) is 1. The third-order valence-corrected chi connectivity index (χ3v) is 3.51. The maximum Gasteiger partial charge on any atom is 0.235 e. The highest BCUT2D eigenvalue weighted by atomic mass is 35.5. The molecular weight excluding hydrogens is 242 g/mol. The molecule has 0 spiro atoms. The van der Waals surface area contributed by atoms with Crippen LogP contribution in [0.15, 0.2) is 17.1 Å². The standard InChI is InChI=1S/C12H12ClNO3/c1-17-11-9(16)4-3-8(13)10(11)12(14-7-15)5-2-6-12/h3-4,16H,2,5-6H2,1H3. The second-order valence-electron chi connectivity index (χ2n) is 4.06. The van der Waals surface area contributed by atoms with Crippen LogP contribution < -0.4 is 4.74 Å². The van der Waals surface area contributed by atoms with Gasteiger partial charge in [-0.25, -0.2) is 4.79 Å². The lowest BCUT2D eigenvalue weighted by Crippen LogP contribution is -2.32. The summed E-state index contributed by atoms with van der Waals surface area (Å²) < 4.78 is 5.16. The van der Waals surface area contributed by atoms with Gasteiger partial charge < -0.3 is 9.84 Å². The van der Waals surface area contributed by atoms with Crippen LogP contribution in [0, 0.1) is 0 Å². The van der Waals surface area contributed by atoms with Crippen LogP contribution in [0.4, 0.5) is 0 Å². The number of rotatable bonds is 3. The molecule has 1 saturated carbocycles. The zero-order chi connectivity index (χ0) is 12.5. The van der Waals surface area contributed by atoms with Gasteiger partial charge in [0, 0.05) is 5.56 Å². The van der Waals surface area contributed by atoms with E-state index in [1.54, 1.807) is 12.1 Å². The molecule has 1 aliphatic rings. The molecule has 0 saturated heterocycles. The molecule has 0 heterocycles. The minimum Gasteiger partial charge on any atom is -0.504 e. The fraction of sp³-hybridized carbons (Fsp3) is 0.417. The summed E-state index contributed by atoms with van der Waals surface area (Å²) in [4.78, 5) is 14.4. The number of aromatic hydroxyl groups is 1. The Labute approximate surface area is 104 Å². The second-order valence-corrected chi connectivity index (χ2v) is 4.47. The van der Waals surface area contributed by atoms with Crippen molar-refractivity contribution in [2.24, 2.45) is 4.99 Å². The lowest BCUT2D eigenvalue weighted by atomic mass is 9.72. The number of isocyanates is 1. The lowest BCUT2D eigenvalue weighted by Gasteiger charge is -2.38. The van der Waals surface area contributed by atoms with Gasteiger partial charge >= 0.3 is 0 Å². The normalized spacial score (nSPS) is 16.8. The number of methoxy groups -OCH3 is 1. The Morgan fingerprint density at radius 1 is 1.53 bits per heavy atom. The zero-order valence-electron chi connectivity index (χ0n) is 9.36. The SMILES string of the molecule is COc1c(O)ccc(Cl)c1C1(N=C=O)CCC1. The molecule has 0 amide bonds. The molecule has 0 aromatic heterocycles. The largest absolute Gasteiger partial charge is 0.504 e. The fourth-order valence-electron chi connectivity index (χ4n) is 2.20. The fourth-order valence-corrected chi connectivity index (χ4v) is 2.53. The minimum absolute atomic E-state index is 0.000672. The molecule has 0 unspecified atom stereocenters. The van der Waals surface area contributed by atoms with Crippen molar-refractivity contribution in [3.8, 4) is 11.5 Å². The van der Waals surface area contributed by atoms with E-state index in [1.807, 2.05) is 0 Å².